The Labute approximate surface area is 91.7 Å². The molecule has 0 radical (unpaired) electrons. The Kier molecular flexibility index (Phi) is 2.74. The summed E-state index contributed by atoms with van der Waals surface area (Å²) in [4.78, 5) is 10.6. The Morgan fingerprint density at radius 2 is 2.00 bits per heavy atom. The van der Waals surface area contributed by atoms with Crippen LogP contribution < -0.4 is 0 Å². The zero-order valence-electron chi connectivity index (χ0n) is 7.72. The van der Waals surface area contributed by atoms with Crippen LogP contribution in [0.25, 0.3) is 11.3 Å². The van der Waals surface area contributed by atoms with Gasteiger partial charge in [0, 0.05) is 11.1 Å². The predicted molar refractivity (Wildman–Crippen MR) is 57.9 cm³/mol. The highest BCUT2D eigenvalue weighted by Crippen LogP contribution is 2.17. The maximum atomic E-state index is 10.6. The van der Waals surface area contributed by atoms with E-state index in [2.05, 4.69) is 10.2 Å². The number of benzene rings is 1. The van der Waals surface area contributed by atoms with Gasteiger partial charge in [0.25, 0.3) is 0 Å². The van der Waals surface area contributed by atoms with E-state index in [1.165, 1.54) is 0 Å². The Bertz CT molecular complexity index is 482. The second-order valence-electron chi connectivity index (χ2n) is 2.98. The summed E-state index contributed by atoms with van der Waals surface area (Å²) >= 11 is 5.63. The molecule has 0 spiro atoms. The standard InChI is InChI=1S/C11H7ClN2O/c12-11-5-4-10(13-14-11)9-3-1-2-8(6-9)7-15/h1-7H. The number of aldehydes is 1. The summed E-state index contributed by atoms with van der Waals surface area (Å²) in [5.74, 6) is 0. The Hall–Kier alpha value is -1.74. The summed E-state index contributed by atoms with van der Waals surface area (Å²) in [6.45, 7) is 0. The molecule has 15 heavy (non-hydrogen) atoms. The fraction of sp³-hybridized carbons (Fsp3) is 0. The maximum Gasteiger partial charge on any atom is 0.151 e. The number of carbonyl (C=O) groups is 1. The van der Waals surface area contributed by atoms with Gasteiger partial charge in [-0.1, -0.05) is 29.8 Å². The van der Waals surface area contributed by atoms with Crippen LogP contribution in [0.3, 0.4) is 0 Å². The fourth-order valence-corrected chi connectivity index (χ4v) is 1.34. The average Bonchev–Trinajstić information content (AvgIpc) is 2.30. The molecule has 4 heteroatoms. The van der Waals surface area contributed by atoms with Gasteiger partial charge < -0.3 is 0 Å². The molecule has 1 aromatic carbocycles. The molecule has 1 aromatic heterocycles. The molecule has 2 aromatic rings. The van der Waals surface area contributed by atoms with Crippen LogP contribution in [0.2, 0.25) is 5.15 Å². The molecular formula is C11H7ClN2O. The van der Waals surface area contributed by atoms with Crippen molar-refractivity contribution in [3.63, 3.8) is 0 Å². The minimum Gasteiger partial charge on any atom is -0.298 e. The number of aromatic nitrogens is 2. The highest BCUT2D eigenvalue weighted by atomic mass is 35.5. The maximum absolute atomic E-state index is 10.6. The number of hydrogen-bond donors (Lipinski definition) is 0. The van der Waals surface area contributed by atoms with Crippen LogP contribution in [-0.4, -0.2) is 16.5 Å². The summed E-state index contributed by atoms with van der Waals surface area (Å²) in [6.07, 6.45) is 0.798. The molecule has 74 valence electrons. The molecule has 2 rings (SSSR count). The Balaban J connectivity index is 2.44. The predicted octanol–water partition coefficient (Wildman–Crippen LogP) is 2.61. The summed E-state index contributed by atoms with van der Waals surface area (Å²) in [6, 6.07) is 10.6. The van der Waals surface area contributed by atoms with Gasteiger partial charge in [0.05, 0.1) is 5.69 Å². The van der Waals surface area contributed by atoms with Crippen LogP contribution in [0.4, 0.5) is 0 Å². The van der Waals surface area contributed by atoms with Crippen LogP contribution in [-0.2, 0) is 0 Å². The van der Waals surface area contributed by atoms with Crippen molar-refractivity contribution in [2.45, 2.75) is 0 Å². The first-order chi connectivity index (χ1) is 7.29. The molecule has 1 heterocycles. The van der Waals surface area contributed by atoms with Crippen molar-refractivity contribution >= 4 is 17.9 Å². The van der Waals surface area contributed by atoms with Crippen molar-refractivity contribution in [3.8, 4) is 11.3 Å². The highest BCUT2D eigenvalue weighted by Gasteiger charge is 2.00. The van der Waals surface area contributed by atoms with Crippen molar-refractivity contribution in [2.24, 2.45) is 0 Å². The number of carbonyl (C=O) groups excluding carboxylic acids is 1. The van der Waals surface area contributed by atoms with Crippen molar-refractivity contribution < 1.29 is 4.79 Å². The van der Waals surface area contributed by atoms with Gasteiger partial charge in [-0.15, -0.1) is 10.2 Å². The molecule has 0 fully saturated rings. The van der Waals surface area contributed by atoms with Crippen molar-refractivity contribution in [2.75, 3.05) is 0 Å². The first kappa shape index (κ1) is 9.80. The van der Waals surface area contributed by atoms with E-state index >= 15 is 0 Å². The molecule has 0 bridgehead atoms. The summed E-state index contributed by atoms with van der Waals surface area (Å²) in [5, 5.41) is 8.02. The first-order valence-electron chi connectivity index (χ1n) is 4.34. The van der Waals surface area contributed by atoms with E-state index < -0.39 is 0 Å². The molecule has 0 saturated heterocycles. The molecule has 0 N–H and O–H groups in total. The number of nitrogens with zero attached hydrogens (tertiary/aromatic N) is 2. The third-order valence-electron chi connectivity index (χ3n) is 1.95. The first-order valence-corrected chi connectivity index (χ1v) is 4.72. The van der Waals surface area contributed by atoms with Gasteiger partial charge in [0.2, 0.25) is 0 Å². The summed E-state index contributed by atoms with van der Waals surface area (Å²) in [5.41, 5.74) is 2.16. The van der Waals surface area contributed by atoms with E-state index in [1.54, 1.807) is 30.3 Å². The highest BCUT2D eigenvalue weighted by molar-refractivity contribution is 6.29. The van der Waals surface area contributed by atoms with E-state index in [0.29, 0.717) is 16.4 Å². The third kappa shape index (κ3) is 2.19. The minimum atomic E-state index is 0.352. The van der Waals surface area contributed by atoms with Gasteiger partial charge in [-0.25, -0.2) is 0 Å². The largest absolute Gasteiger partial charge is 0.298 e. The van der Waals surface area contributed by atoms with Crippen LogP contribution in [0.5, 0.6) is 0 Å². The Morgan fingerprint density at radius 1 is 1.13 bits per heavy atom. The minimum absolute atomic E-state index is 0.352. The zero-order valence-corrected chi connectivity index (χ0v) is 8.48. The van der Waals surface area contributed by atoms with Gasteiger partial charge in [-0.2, -0.15) is 0 Å². The topological polar surface area (TPSA) is 42.9 Å². The summed E-state index contributed by atoms with van der Waals surface area (Å²) < 4.78 is 0. The second kappa shape index (κ2) is 4.19. The fourth-order valence-electron chi connectivity index (χ4n) is 1.24. The van der Waals surface area contributed by atoms with Crippen molar-refractivity contribution in [3.05, 3.63) is 47.1 Å². The van der Waals surface area contributed by atoms with E-state index in [-0.39, 0.29) is 0 Å². The van der Waals surface area contributed by atoms with Gasteiger partial charge in [0.15, 0.2) is 5.15 Å². The molecular weight excluding hydrogens is 212 g/mol. The number of halogens is 1. The van der Waals surface area contributed by atoms with Crippen LogP contribution in [0.15, 0.2) is 36.4 Å². The van der Waals surface area contributed by atoms with E-state index in [4.69, 9.17) is 11.6 Å². The second-order valence-corrected chi connectivity index (χ2v) is 3.37. The number of rotatable bonds is 2. The van der Waals surface area contributed by atoms with Crippen molar-refractivity contribution in [1.29, 1.82) is 0 Å². The molecule has 0 saturated carbocycles. The SMILES string of the molecule is O=Cc1cccc(-c2ccc(Cl)nn2)c1. The molecule has 3 nitrogen and oxygen atoms in total. The van der Waals surface area contributed by atoms with Crippen molar-refractivity contribution in [1.82, 2.24) is 10.2 Å². The molecule has 0 unspecified atom stereocenters. The molecule has 0 aliphatic heterocycles. The van der Waals surface area contributed by atoms with Crippen LogP contribution in [0.1, 0.15) is 10.4 Å². The molecule has 0 aliphatic carbocycles. The van der Waals surface area contributed by atoms with Crippen LogP contribution in [0, 0.1) is 0 Å². The molecule has 0 amide bonds. The normalized spacial score (nSPS) is 9.93. The lowest BCUT2D eigenvalue weighted by molar-refractivity contribution is 0.112. The van der Waals surface area contributed by atoms with Gasteiger partial charge in [-0.05, 0) is 18.2 Å². The lowest BCUT2D eigenvalue weighted by Gasteiger charge is -1.99. The van der Waals surface area contributed by atoms with Gasteiger partial charge in [-0.3, -0.25) is 4.79 Å². The van der Waals surface area contributed by atoms with E-state index in [1.807, 2.05) is 6.07 Å². The van der Waals surface area contributed by atoms with E-state index in [0.717, 1.165) is 11.8 Å². The lowest BCUT2D eigenvalue weighted by Crippen LogP contribution is -1.88. The Morgan fingerprint density at radius 3 is 2.67 bits per heavy atom. The monoisotopic (exact) mass is 218 g/mol. The number of hydrogen-bond acceptors (Lipinski definition) is 3. The average molecular weight is 219 g/mol. The van der Waals surface area contributed by atoms with E-state index in [9.17, 15) is 4.79 Å². The summed E-state index contributed by atoms with van der Waals surface area (Å²) in [7, 11) is 0. The lowest BCUT2D eigenvalue weighted by atomic mass is 10.1. The van der Waals surface area contributed by atoms with Crippen LogP contribution >= 0.6 is 11.6 Å². The quantitative estimate of drug-likeness (QED) is 0.728. The molecule has 0 atom stereocenters. The van der Waals surface area contributed by atoms with Gasteiger partial charge >= 0.3 is 0 Å². The smallest absolute Gasteiger partial charge is 0.151 e. The third-order valence-corrected chi connectivity index (χ3v) is 2.15. The van der Waals surface area contributed by atoms with Gasteiger partial charge in [0.1, 0.15) is 6.29 Å². The molecule has 0 aliphatic rings. The zero-order chi connectivity index (χ0) is 10.7.